The normalized spacial score (nSPS) is 20.1. The molecule has 3 rings (SSSR count). The Morgan fingerprint density at radius 3 is 2.66 bits per heavy atom. The van der Waals surface area contributed by atoms with E-state index in [1.165, 1.54) is 28.0 Å². The van der Waals surface area contributed by atoms with Crippen LogP contribution in [0.25, 0.3) is 0 Å². The van der Waals surface area contributed by atoms with E-state index < -0.39 is 43.3 Å². The lowest BCUT2D eigenvalue weighted by Gasteiger charge is -2.49. The van der Waals surface area contributed by atoms with Gasteiger partial charge in [0.15, 0.2) is 25.8 Å². The van der Waals surface area contributed by atoms with E-state index in [1.807, 2.05) is 0 Å². The first-order chi connectivity index (χ1) is 19.2. The molecule has 2 aliphatic heterocycles. The predicted octanol–water partition coefficient (Wildman–Crippen LogP) is 2.92. The molecule has 17 heteroatoms. The lowest BCUT2D eigenvalue weighted by atomic mass is 9.89. The van der Waals surface area contributed by atoms with Gasteiger partial charge in [0.05, 0.1) is 22.9 Å². The molecular weight excluding hydrogens is 608 g/mol. The zero-order valence-corrected chi connectivity index (χ0v) is 27.1. The molecule has 1 amide bonds. The second-order valence-electron chi connectivity index (χ2n) is 10.9. The van der Waals surface area contributed by atoms with Crippen LogP contribution in [0.2, 0.25) is 18.1 Å². The van der Waals surface area contributed by atoms with Crippen molar-refractivity contribution in [2.45, 2.75) is 63.6 Å². The number of thioether (sulfide) groups is 1. The Bertz CT molecular complexity index is 1240. The lowest BCUT2D eigenvalue weighted by molar-refractivity contribution is -0.152. The van der Waals surface area contributed by atoms with Crippen LogP contribution in [0.1, 0.15) is 37.9 Å². The summed E-state index contributed by atoms with van der Waals surface area (Å²) in [6, 6.07) is -0.907. The van der Waals surface area contributed by atoms with E-state index in [0.29, 0.717) is 16.3 Å². The quantitative estimate of drug-likeness (QED) is 0.0748. The number of Topliss-reactive ketones (excluding diaryl/α,β-unsaturated/α-hetero) is 1. The summed E-state index contributed by atoms with van der Waals surface area (Å²) in [5.41, 5.74) is 0.740. The van der Waals surface area contributed by atoms with E-state index in [1.54, 1.807) is 12.3 Å². The monoisotopic (exact) mass is 638 g/mol. The van der Waals surface area contributed by atoms with Crippen LogP contribution in [0.4, 0.5) is 0 Å². The number of fused-ring (bicyclic) bond motifs is 1. The zero-order chi connectivity index (χ0) is 30.5. The summed E-state index contributed by atoms with van der Waals surface area (Å²) in [6.45, 7) is 12.4. The number of carbonyl (C=O) groups is 4. The Morgan fingerprint density at radius 2 is 2.10 bits per heavy atom. The number of aromatic nitrogens is 1. The predicted molar refractivity (Wildman–Crippen MR) is 160 cm³/mol. The van der Waals surface area contributed by atoms with Crippen molar-refractivity contribution in [1.82, 2.24) is 9.88 Å². The second-order valence-corrected chi connectivity index (χ2v) is 18.2. The summed E-state index contributed by atoms with van der Waals surface area (Å²) < 4.78 is 15.3. The highest BCUT2D eigenvalue weighted by Crippen LogP contribution is 2.45. The van der Waals surface area contributed by atoms with Crippen LogP contribution in [-0.2, 0) is 37.8 Å². The van der Waals surface area contributed by atoms with Crippen molar-refractivity contribution < 1.29 is 37.8 Å². The average molecular weight is 639 g/mol. The van der Waals surface area contributed by atoms with Gasteiger partial charge >= 0.3 is 21.5 Å². The number of hydrogen-bond donors (Lipinski definition) is 0. The molecule has 0 aliphatic carbocycles. The van der Waals surface area contributed by atoms with Gasteiger partial charge in [-0.25, -0.2) is 9.78 Å². The highest BCUT2D eigenvalue weighted by molar-refractivity contribution is 8.00. The van der Waals surface area contributed by atoms with E-state index in [0.717, 1.165) is 7.48 Å². The highest BCUT2D eigenvalue weighted by atomic mass is 35.5. The molecule has 0 N–H and O–H groups in total. The maximum absolute atomic E-state index is 13.6. The van der Waals surface area contributed by atoms with Gasteiger partial charge in [-0.3, -0.25) is 19.3 Å². The van der Waals surface area contributed by atoms with Crippen LogP contribution in [0.5, 0.6) is 0 Å². The number of hydrogen-bond acceptors (Lipinski definition) is 12. The van der Waals surface area contributed by atoms with Gasteiger partial charge in [-0.05, 0) is 30.6 Å². The minimum absolute atomic E-state index is 0.0163. The van der Waals surface area contributed by atoms with Crippen molar-refractivity contribution in [1.29, 1.82) is 0 Å². The molecular formula is C24H31B2ClN3O8S2Si. The Morgan fingerprint density at radius 1 is 1.39 bits per heavy atom. The van der Waals surface area contributed by atoms with Gasteiger partial charge in [-0.15, -0.1) is 34.7 Å². The first-order valence-electron chi connectivity index (χ1n) is 12.6. The lowest BCUT2D eigenvalue weighted by Crippen LogP contribution is -2.62. The second kappa shape index (κ2) is 13.9. The van der Waals surface area contributed by atoms with Crippen molar-refractivity contribution in [2.75, 3.05) is 18.2 Å². The molecule has 3 atom stereocenters. The van der Waals surface area contributed by atoms with Gasteiger partial charge in [-0.2, -0.15) is 0 Å². The molecule has 2 aliphatic rings. The number of thiazole rings is 1. The van der Waals surface area contributed by atoms with Crippen LogP contribution in [0.15, 0.2) is 21.8 Å². The molecule has 1 aromatic rings. The summed E-state index contributed by atoms with van der Waals surface area (Å²) in [5.74, 6) is -2.09. The third-order valence-electron chi connectivity index (χ3n) is 7.13. The number of ketones is 1. The number of β-lactam (4-membered cyclic amide) rings is 1. The Labute approximate surface area is 255 Å². The molecule has 41 heavy (non-hydrogen) atoms. The first-order valence-corrected chi connectivity index (χ1v) is 18.0. The Kier molecular flexibility index (Phi) is 11.3. The summed E-state index contributed by atoms with van der Waals surface area (Å²) >= 11 is 8.68. The van der Waals surface area contributed by atoms with Crippen molar-refractivity contribution in [3.05, 3.63) is 27.4 Å². The van der Waals surface area contributed by atoms with Crippen molar-refractivity contribution >= 4 is 88.4 Å². The van der Waals surface area contributed by atoms with E-state index in [2.05, 4.69) is 48.7 Å². The van der Waals surface area contributed by atoms with Gasteiger partial charge in [-0.1, -0.05) is 25.9 Å². The first kappa shape index (κ1) is 33.4. The molecule has 0 spiro atoms. The van der Waals surface area contributed by atoms with Gasteiger partial charge in [0.1, 0.15) is 11.4 Å². The third-order valence-corrected chi connectivity index (χ3v) is 14.1. The SMILES string of the molecule is [B]OC(=O)C1=C(CCl)CS[C@@H]2[C@H](CC(=O)/C(=N\O[C@H]([B]OC=O)CO[Si](C)(C)C(C)(C)C)c3csc(C)n3)C(=O)N12. The maximum atomic E-state index is 13.6. The molecule has 1 aromatic heterocycles. The molecule has 219 valence electrons. The summed E-state index contributed by atoms with van der Waals surface area (Å²) in [7, 11) is 4.04. The van der Waals surface area contributed by atoms with Gasteiger partial charge < -0.3 is 18.6 Å². The number of carbonyl (C=O) groups excluding carboxylic acids is 4. The minimum atomic E-state index is -2.18. The van der Waals surface area contributed by atoms with Crippen molar-refractivity contribution in [3.63, 3.8) is 0 Å². The van der Waals surface area contributed by atoms with Gasteiger partial charge in [0.25, 0.3) is 6.47 Å². The fraction of sp³-hybridized carbons (Fsp3) is 0.583. The molecule has 0 aromatic carbocycles. The number of amides is 1. The molecule has 0 saturated carbocycles. The number of rotatable bonds is 14. The maximum Gasteiger partial charge on any atom is 0.423 e. The molecule has 3 heterocycles. The molecule has 0 unspecified atom stereocenters. The molecule has 11 nitrogen and oxygen atoms in total. The molecule has 0 bridgehead atoms. The van der Waals surface area contributed by atoms with Crippen molar-refractivity contribution in [3.8, 4) is 0 Å². The number of oxime groups is 1. The average Bonchev–Trinajstić information content (AvgIpc) is 3.36. The smallest absolute Gasteiger partial charge is 0.423 e. The number of aryl methyl sites for hydroxylation is 1. The van der Waals surface area contributed by atoms with E-state index >= 15 is 0 Å². The van der Waals surface area contributed by atoms with Gasteiger partial charge in [0, 0.05) is 23.4 Å². The third kappa shape index (κ3) is 7.64. The molecule has 1 fully saturated rings. The van der Waals surface area contributed by atoms with Crippen LogP contribution in [-0.4, -0.2) is 93.2 Å². The van der Waals surface area contributed by atoms with E-state index in [4.69, 9.17) is 33.6 Å². The molecule has 1 saturated heterocycles. The largest absolute Gasteiger partial charge is 0.539 e. The number of halogens is 1. The molecule has 3 radical (unpaired) electrons. The highest BCUT2D eigenvalue weighted by Gasteiger charge is 2.54. The van der Waals surface area contributed by atoms with Crippen LogP contribution in [0.3, 0.4) is 0 Å². The Balaban J connectivity index is 1.81. The number of nitrogens with zero attached hydrogens (tertiary/aromatic N) is 3. The fourth-order valence-corrected chi connectivity index (χ4v) is 7.17. The van der Waals surface area contributed by atoms with Crippen LogP contribution in [0, 0.1) is 12.8 Å². The summed E-state index contributed by atoms with van der Waals surface area (Å²) in [5, 5.41) is 5.92. The van der Waals surface area contributed by atoms with Crippen LogP contribution < -0.4 is 0 Å². The standard InChI is InChI=1S/C24H31B2ClN3O8S2Si/c1-13-28-16(11-39-13)19(29-38-18(26-35-12-31)9-36-41(5,6)24(2,3)4)17(32)7-15-21(33)30-20(23(34)37-25)14(8-27)10-40-22(15)30/h11-12,15,18,22H,7-10H2,1-6H3/b29-19-/t15-,18+,22-/m1/s1. The van der Waals surface area contributed by atoms with Crippen molar-refractivity contribution in [2.24, 2.45) is 11.1 Å². The fourth-order valence-electron chi connectivity index (χ4n) is 3.82. The summed E-state index contributed by atoms with van der Waals surface area (Å²) in [4.78, 5) is 61.1. The van der Waals surface area contributed by atoms with E-state index in [9.17, 15) is 19.2 Å². The Hall–Kier alpha value is -2.13. The minimum Gasteiger partial charge on any atom is -0.539 e. The van der Waals surface area contributed by atoms with Gasteiger partial charge in [0.2, 0.25) is 5.91 Å². The zero-order valence-electron chi connectivity index (χ0n) is 23.7. The topological polar surface area (TPSA) is 134 Å². The number of alkyl halides is 1. The van der Waals surface area contributed by atoms with Crippen LogP contribution >= 0.6 is 34.7 Å². The van der Waals surface area contributed by atoms with E-state index in [-0.39, 0.29) is 47.5 Å². The summed E-state index contributed by atoms with van der Waals surface area (Å²) in [6.07, 6.45) is -0.202.